The average molecular weight is 374 g/mol. The molecule has 2 N–H and O–H groups in total. The number of urea groups is 1. The van der Waals surface area contributed by atoms with Gasteiger partial charge in [0.25, 0.3) is 0 Å². The number of hydrogen-bond donors (Lipinski definition) is 2. The van der Waals surface area contributed by atoms with E-state index in [1.54, 1.807) is 0 Å². The summed E-state index contributed by atoms with van der Waals surface area (Å²) in [6.07, 6.45) is 1.88. The van der Waals surface area contributed by atoms with E-state index < -0.39 is 0 Å². The number of aryl methyl sites for hydroxylation is 2. The fourth-order valence-electron chi connectivity index (χ4n) is 3.73. The van der Waals surface area contributed by atoms with Crippen molar-refractivity contribution < 1.29 is 4.79 Å². The highest BCUT2D eigenvalue weighted by Gasteiger charge is 2.25. The van der Waals surface area contributed by atoms with Crippen LogP contribution < -0.4 is 5.32 Å². The van der Waals surface area contributed by atoms with Crippen LogP contribution in [0.2, 0.25) is 0 Å². The first-order chi connectivity index (χ1) is 13.6. The minimum atomic E-state index is -0.0210. The van der Waals surface area contributed by atoms with Crippen molar-refractivity contribution in [2.24, 2.45) is 0 Å². The third-order valence-corrected chi connectivity index (χ3v) is 5.44. The lowest BCUT2D eigenvalue weighted by Crippen LogP contribution is -2.40. The maximum absolute atomic E-state index is 12.5. The van der Waals surface area contributed by atoms with Gasteiger partial charge in [0.05, 0.1) is 5.69 Å². The molecule has 1 aliphatic heterocycles. The molecule has 0 saturated carbocycles. The molecule has 0 atom stereocenters. The molecule has 0 aliphatic carbocycles. The maximum Gasteiger partial charge on any atom is 0.321 e. The van der Waals surface area contributed by atoms with E-state index in [2.05, 4.69) is 52.8 Å². The predicted molar refractivity (Wildman–Crippen MR) is 113 cm³/mol. The molecular formula is C23H26N4O. The van der Waals surface area contributed by atoms with Gasteiger partial charge in [-0.05, 0) is 51.0 Å². The maximum atomic E-state index is 12.5. The van der Waals surface area contributed by atoms with E-state index in [0.717, 1.165) is 48.6 Å². The summed E-state index contributed by atoms with van der Waals surface area (Å²) in [5.74, 6) is 0.412. The van der Waals surface area contributed by atoms with Gasteiger partial charge < -0.3 is 10.2 Å². The van der Waals surface area contributed by atoms with Crippen LogP contribution in [0.15, 0.2) is 54.6 Å². The summed E-state index contributed by atoms with van der Waals surface area (Å²) in [6.45, 7) is 5.63. The summed E-state index contributed by atoms with van der Waals surface area (Å²) in [7, 11) is 0. The summed E-state index contributed by atoms with van der Waals surface area (Å²) in [5.41, 5.74) is 6.54. The number of rotatable bonds is 3. The van der Waals surface area contributed by atoms with Gasteiger partial charge in [-0.25, -0.2) is 4.79 Å². The SMILES string of the molecule is Cc1ccc(NC(=O)N2CCC(c3cc(-c4cccc(C)c4)n[nH]3)CC2)cc1. The molecule has 28 heavy (non-hydrogen) atoms. The number of hydrogen-bond acceptors (Lipinski definition) is 2. The summed E-state index contributed by atoms with van der Waals surface area (Å²) < 4.78 is 0. The molecule has 0 spiro atoms. The number of nitrogens with zero attached hydrogens (tertiary/aromatic N) is 2. The normalized spacial score (nSPS) is 14.9. The largest absolute Gasteiger partial charge is 0.324 e. The predicted octanol–water partition coefficient (Wildman–Crippen LogP) is 5.11. The summed E-state index contributed by atoms with van der Waals surface area (Å²) in [5, 5.41) is 10.7. The first-order valence-electron chi connectivity index (χ1n) is 9.83. The van der Waals surface area contributed by atoms with E-state index in [0.29, 0.717) is 5.92 Å². The number of piperidine rings is 1. The van der Waals surface area contributed by atoms with Crippen molar-refractivity contribution in [3.8, 4) is 11.3 Å². The number of aromatic amines is 1. The number of anilines is 1. The zero-order chi connectivity index (χ0) is 19.5. The molecule has 1 saturated heterocycles. The molecule has 0 bridgehead atoms. The van der Waals surface area contributed by atoms with Crippen LogP contribution >= 0.6 is 0 Å². The molecule has 5 heteroatoms. The van der Waals surface area contributed by atoms with Crippen LogP contribution in [-0.2, 0) is 0 Å². The lowest BCUT2D eigenvalue weighted by Gasteiger charge is -2.31. The lowest BCUT2D eigenvalue weighted by molar-refractivity contribution is 0.194. The number of amides is 2. The quantitative estimate of drug-likeness (QED) is 0.669. The average Bonchev–Trinajstić information content (AvgIpc) is 3.20. The highest BCUT2D eigenvalue weighted by atomic mass is 16.2. The Morgan fingerprint density at radius 3 is 2.50 bits per heavy atom. The Bertz CT molecular complexity index is 953. The van der Waals surface area contributed by atoms with Gasteiger partial charge in [-0.3, -0.25) is 5.10 Å². The smallest absolute Gasteiger partial charge is 0.321 e. The minimum absolute atomic E-state index is 0.0210. The number of nitrogens with one attached hydrogen (secondary N) is 2. The van der Waals surface area contributed by atoms with Crippen LogP contribution in [0.1, 0.15) is 35.6 Å². The molecule has 1 fully saturated rings. The molecular weight excluding hydrogens is 348 g/mol. The Hall–Kier alpha value is -3.08. The summed E-state index contributed by atoms with van der Waals surface area (Å²) in [4.78, 5) is 14.4. The first kappa shape index (κ1) is 18.3. The van der Waals surface area contributed by atoms with Crippen molar-refractivity contribution in [3.63, 3.8) is 0 Å². The van der Waals surface area contributed by atoms with Crippen molar-refractivity contribution in [2.75, 3.05) is 18.4 Å². The van der Waals surface area contributed by atoms with Crippen molar-refractivity contribution in [1.29, 1.82) is 0 Å². The van der Waals surface area contributed by atoms with Gasteiger partial charge >= 0.3 is 6.03 Å². The van der Waals surface area contributed by atoms with Crippen LogP contribution in [0.5, 0.6) is 0 Å². The molecule has 2 aromatic carbocycles. The van der Waals surface area contributed by atoms with Crippen LogP contribution in [0.3, 0.4) is 0 Å². The van der Waals surface area contributed by atoms with Crippen LogP contribution in [-0.4, -0.2) is 34.2 Å². The fraction of sp³-hybridized carbons (Fsp3) is 0.304. The molecule has 2 amide bonds. The van der Waals surface area contributed by atoms with E-state index in [9.17, 15) is 4.79 Å². The third-order valence-electron chi connectivity index (χ3n) is 5.44. The third kappa shape index (κ3) is 4.09. The Labute approximate surface area is 165 Å². The van der Waals surface area contributed by atoms with Crippen molar-refractivity contribution in [2.45, 2.75) is 32.6 Å². The lowest BCUT2D eigenvalue weighted by atomic mass is 9.93. The molecule has 144 valence electrons. The zero-order valence-corrected chi connectivity index (χ0v) is 16.4. The second-order valence-electron chi connectivity index (χ2n) is 7.64. The molecule has 3 aromatic rings. The molecule has 5 nitrogen and oxygen atoms in total. The molecule has 1 aromatic heterocycles. The Balaban J connectivity index is 1.35. The van der Waals surface area contributed by atoms with Gasteiger partial charge in [0, 0.05) is 36.0 Å². The standard InChI is InChI=1S/C23H26N4O/c1-16-6-8-20(9-7-16)24-23(28)27-12-10-18(11-13-27)21-15-22(26-25-21)19-5-3-4-17(2)14-19/h3-9,14-15,18H,10-13H2,1-2H3,(H,24,28)(H,25,26). The van der Waals surface area contributed by atoms with Crippen molar-refractivity contribution in [3.05, 3.63) is 71.4 Å². The van der Waals surface area contributed by atoms with Gasteiger partial charge in [-0.2, -0.15) is 5.10 Å². The van der Waals surface area contributed by atoms with E-state index in [-0.39, 0.29) is 6.03 Å². The second-order valence-corrected chi connectivity index (χ2v) is 7.64. The fourth-order valence-corrected chi connectivity index (χ4v) is 3.73. The van der Waals surface area contributed by atoms with E-state index in [4.69, 9.17) is 0 Å². The number of H-pyrrole nitrogens is 1. The van der Waals surface area contributed by atoms with Crippen LogP contribution in [0, 0.1) is 13.8 Å². The molecule has 2 heterocycles. The summed E-state index contributed by atoms with van der Waals surface area (Å²) in [6, 6.07) is 18.4. The van der Waals surface area contributed by atoms with E-state index in [1.165, 1.54) is 11.1 Å². The molecule has 1 aliphatic rings. The number of benzene rings is 2. The zero-order valence-electron chi connectivity index (χ0n) is 16.4. The van der Waals surface area contributed by atoms with E-state index in [1.807, 2.05) is 36.1 Å². The van der Waals surface area contributed by atoms with Gasteiger partial charge in [-0.15, -0.1) is 0 Å². The molecule has 4 rings (SSSR count). The van der Waals surface area contributed by atoms with E-state index >= 15 is 0 Å². The Morgan fingerprint density at radius 1 is 1.04 bits per heavy atom. The Morgan fingerprint density at radius 2 is 1.79 bits per heavy atom. The van der Waals surface area contributed by atoms with Crippen LogP contribution in [0.4, 0.5) is 10.5 Å². The minimum Gasteiger partial charge on any atom is -0.324 e. The summed E-state index contributed by atoms with van der Waals surface area (Å²) >= 11 is 0. The highest BCUT2D eigenvalue weighted by Crippen LogP contribution is 2.29. The number of carbonyl (C=O) groups excluding carboxylic acids is 1. The van der Waals surface area contributed by atoms with Gasteiger partial charge in [-0.1, -0.05) is 41.5 Å². The molecule has 0 unspecified atom stereocenters. The second kappa shape index (κ2) is 7.89. The van der Waals surface area contributed by atoms with Gasteiger partial charge in [0.15, 0.2) is 0 Å². The van der Waals surface area contributed by atoms with Gasteiger partial charge in [0.2, 0.25) is 0 Å². The monoisotopic (exact) mass is 374 g/mol. The van der Waals surface area contributed by atoms with Crippen molar-refractivity contribution in [1.82, 2.24) is 15.1 Å². The van der Waals surface area contributed by atoms with Crippen molar-refractivity contribution >= 4 is 11.7 Å². The number of likely N-dealkylation sites (tertiary alicyclic amines) is 1. The van der Waals surface area contributed by atoms with Crippen LogP contribution in [0.25, 0.3) is 11.3 Å². The number of carbonyl (C=O) groups is 1. The molecule has 0 radical (unpaired) electrons. The topological polar surface area (TPSA) is 61.0 Å². The first-order valence-corrected chi connectivity index (χ1v) is 9.83. The van der Waals surface area contributed by atoms with Gasteiger partial charge in [0.1, 0.15) is 0 Å². The number of aromatic nitrogens is 2. The highest BCUT2D eigenvalue weighted by molar-refractivity contribution is 5.89. The Kier molecular flexibility index (Phi) is 5.15.